The van der Waals surface area contributed by atoms with Crippen LogP contribution in [0.15, 0.2) is 18.5 Å². The summed E-state index contributed by atoms with van der Waals surface area (Å²) >= 11 is 0. The lowest BCUT2D eigenvalue weighted by Crippen LogP contribution is -2.40. The van der Waals surface area contributed by atoms with Gasteiger partial charge < -0.3 is 14.6 Å². The Morgan fingerprint density at radius 3 is 3.04 bits per heavy atom. The average Bonchev–Trinajstić information content (AvgIpc) is 3.20. The fraction of sp³-hybridized carbons (Fsp3) is 0.533. The molecule has 0 aliphatic carbocycles. The molecular formula is C15H22N6O2. The number of rotatable bonds is 4. The monoisotopic (exact) mass is 318 g/mol. The fourth-order valence-corrected chi connectivity index (χ4v) is 2.78. The number of urea groups is 1. The van der Waals surface area contributed by atoms with Gasteiger partial charge in [-0.15, -0.1) is 0 Å². The zero-order valence-corrected chi connectivity index (χ0v) is 13.6. The highest BCUT2D eigenvalue weighted by atomic mass is 16.5. The maximum absolute atomic E-state index is 12.2. The number of ether oxygens (including phenoxy) is 1. The Kier molecular flexibility index (Phi) is 4.33. The first-order valence-electron chi connectivity index (χ1n) is 7.79. The van der Waals surface area contributed by atoms with E-state index in [1.54, 1.807) is 10.9 Å². The number of hydrogen-bond acceptors (Lipinski definition) is 4. The van der Waals surface area contributed by atoms with Gasteiger partial charge in [-0.25, -0.2) is 9.78 Å². The molecular weight excluding hydrogens is 296 g/mol. The maximum atomic E-state index is 12.2. The first-order valence-corrected chi connectivity index (χ1v) is 7.79. The summed E-state index contributed by atoms with van der Waals surface area (Å²) in [6.45, 7) is 5.41. The van der Waals surface area contributed by atoms with Gasteiger partial charge in [0, 0.05) is 44.4 Å². The lowest BCUT2D eigenvalue weighted by atomic mass is 10.1. The highest BCUT2D eigenvalue weighted by Crippen LogP contribution is 2.28. The molecule has 0 saturated carbocycles. The van der Waals surface area contributed by atoms with Crippen LogP contribution in [0.1, 0.15) is 31.0 Å². The molecule has 3 heterocycles. The number of nitrogens with one attached hydrogen (secondary N) is 2. The number of anilines is 1. The van der Waals surface area contributed by atoms with Gasteiger partial charge in [-0.3, -0.25) is 10.00 Å². The van der Waals surface area contributed by atoms with E-state index >= 15 is 0 Å². The Morgan fingerprint density at radius 1 is 1.52 bits per heavy atom. The van der Waals surface area contributed by atoms with Crippen LogP contribution in [-0.2, 0) is 18.3 Å². The second kappa shape index (κ2) is 6.41. The highest BCUT2D eigenvalue weighted by Gasteiger charge is 2.33. The van der Waals surface area contributed by atoms with Gasteiger partial charge in [0.2, 0.25) is 0 Å². The quantitative estimate of drug-likeness (QED) is 0.896. The van der Waals surface area contributed by atoms with E-state index in [0.29, 0.717) is 12.4 Å². The summed E-state index contributed by atoms with van der Waals surface area (Å²) in [6, 6.07) is 1.44. The van der Waals surface area contributed by atoms with E-state index in [-0.39, 0.29) is 18.2 Å². The smallest absolute Gasteiger partial charge is 0.320 e. The Morgan fingerprint density at radius 2 is 2.35 bits per heavy atom. The van der Waals surface area contributed by atoms with Crippen LogP contribution >= 0.6 is 0 Å². The zero-order chi connectivity index (χ0) is 16.4. The Hall–Kier alpha value is -2.35. The SMILES string of the molecule is CCn1ccnc1[C@H]1OCC[C@@H]1NC(=O)Nc1cc(C)n(C)n1. The van der Waals surface area contributed by atoms with Crippen molar-refractivity contribution in [3.63, 3.8) is 0 Å². The van der Waals surface area contributed by atoms with Crippen LogP contribution in [0, 0.1) is 6.92 Å². The molecule has 23 heavy (non-hydrogen) atoms. The Balaban J connectivity index is 1.65. The number of aromatic nitrogens is 4. The summed E-state index contributed by atoms with van der Waals surface area (Å²) in [5, 5.41) is 9.95. The topological polar surface area (TPSA) is 86.0 Å². The van der Waals surface area contributed by atoms with Crippen molar-refractivity contribution in [2.24, 2.45) is 7.05 Å². The van der Waals surface area contributed by atoms with Gasteiger partial charge in [0.05, 0.1) is 6.04 Å². The molecule has 0 unspecified atom stereocenters. The average molecular weight is 318 g/mol. The summed E-state index contributed by atoms with van der Waals surface area (Å²) in [6.07, 6.45) is 4.22. The molecule has 1 aliphatic heterocycles. The van der Waals surface area contributed by atoms with Gasteiger partial charge in [-0.2, -0.15) is 5.10 Å². The fourth-order valence-electron chi connectivity index (χ4n) is 2.78. The molecule has 2 aromatic heterocycles. The third-order valence-electron chi connectivity index (χ3n) is 4.11. The van der Waals surface area contributed by atoms with Crippen LogP contribution in [0.5, 0.6) is 0 Å². The van der Waals surface area contributed by atoms with Gasteiger partial charge in [0.25, 0.3) is 0 Å². The normalized spacial score (nSPS) is 20.7. The molecule has 0 bridgehead atoms. The number of hydrogen-bond donors (Lipinski definition) is 2. The molecule has 0 aromatic carbocycles. The molecule has 1 fully saturated rings. The molecule has 1 saturated heterocycles. The van der Waals surface area contributed by atoms with E-state index in [4.69, 9.17) is 4.74 Å². The third kappa shape index (κ3) is 3.21. The van der Waals surface area contributed by atoms with Crippen molar-refractivity contribution < 1.29 is 9.53 Å². The summed E-state index contributed by atoms with van der Waals surface area (Å²) in [5.74, 6) is 1.39. The van der Waals surface area contributed by atoms with E-state index < -0.39 is 0 Å². The molecule has 2 aromatic rings. The van der Waals surface area contributed by atoms with Crippen LogP contribution in [0.2, 0.25) is 0 Å². The summed E-state index contributed by atoms with van der Waals surface area (Å²) < 4.78 is 9.53. The minimum Gasteiger partial charge on any atom is -0.368 e. The zero-order valence-electron chi connectivity index (χ0n) is 13.6. The molecule has 2 amide bonds. The molecule has 2 N–H and O–H groups in total. The van der Waals surface area contributed by atoms with E-state index in [9.17, 15) is 4.79 Å². The molecule has 8 nitrogen and oxygen atoms in total. The molecule has 1 aliphatic rings. The summed E-state index contributed by atoms with van der Waals surface area (Å²) in [4.78, 5) is 16.6. The van der Waals surface area contributed by atoms with Gasteiger partial charge in [0.15, 0.2) is 5.82 Å². The van der Waals surface area contributed by atoms with Crippen molar-refractivity contribution in [2.75, 3.05) is 11.9 Å². The molecule has 8 heteroatoms. The molecule has 3 rings (SSSR count). The molecule has 2 atom stereocenters. The van der Waals surface area contributed by atoms with Gasteiger partial charge in [0.1, 0.15) is 11.9 Å². The van der Waals surface area contributed by atoms with Crippen molar-refractivity contribution in [1.82, 2.24) is 24.6 Å². The lowest BCUT2D eigenvalue weighted by molar-refractivity contribution is 0.0906. The highest BCUT2D eigenvalue weighted by molar-refractivity contribution is 5.88. The van der Waals surface area contributed by atoms with Crippen molar-refractivity contribution in [1.29, 1.82) is 0 Å². The molecule has 124 valence electrons. The van der Waals surface area contributed by atoms with Crippen molar-refractivity contribution in [3.05, 3.63) is 30.0 Å². The Labute approximate surface area is 134 Å². The first-order chi connectivity index (χ1) is 11.1. The first kappa shape index (κ1) is 15.5. The van der Waals surface area contributed by atoms with Gasteiger partial charge >= 0.3 is 6.03 Å². The standard InChI is InChI=1S/C15H22N6O2/c1-4-21-7-6-16-14(21)13-11(5-8-23-13)17-15(22)18-12-9-10(2)20(3)19-12/h6-7,9,11,13H,4-5,8H2,1-3H3,(H2,17,18,19,22)/t11-,13-/m0/s1. The van der Waals surface area contributed by atoms with Crippen LogP contribution < -0.4 is 10.6 Å². The minimum atomic E-state index is -0.279. The third-order valence-corrected chi connectivity index (χ3v) is 4.11. The number of nitrogens with zero attached hydrogens (tertiary/aromatic N) is 4. The van der Waals surface area contributed by atoms with Gasteiger partial charge in [-0.05, 0) is 20.3 Å². The summed E-state index contributed by atoms with van der Waals surface area (Å²) in [5.41, 5.74) is 0.979. The Bertz CT molecular complexity index is 672. The molecule has 0 radical (unpaired) electrons. The van der Waals surface area contributed by atoms with Crippen molar-refractivity contribution in [2.45, 2.75) is 39.0 Å². The predicted molar refractivity (Wildman–Crippen MR) is 85.1 cm³/mol. The second-order valence-corrected chi connectivity index (χ2v) is 5.65. The van der Waals surface area contributed by atoms with E-state index in [2.05, 4.69) is 27.6 Å². The predicted octanol–water partition coefficient (Wildman–Crippen LogP) is 1.60. The largest absolute Gasteiger partial charge is 0.368 e. The number of imidazole rings is 1. The lowest BCUT2D eigenvalue weighted by Gasteiger charge is -2.20. The minimum absolute atomic E-state index is 0.104. The van der Waals surface area contributed by atoms with E-state index in [0.717, 1.165) is 24.5 Å². The summed E-state index contributed by atoms with van der Waals surface area (Å²) in [7, 11) is 1.84. The maximum Gasteiger partial charge on any atom is 0.320 e. The van der Waals surface area contributed by atoms with Gasteiger partial charge in [-0.1, -0.05) is 0 Å². The second-order valence-electron chi connectivity index (χ2n) is 5.65. The number of amides is 2. The van der Waals surface area contributed by atoms with Crippen LogP contribution in [0.25, 0.3) is 0 Å². The van der Waals surface area contributed by atoms with Crippen LogP contribution in [-0.4, -0.2) is 38.0 Å². The number of carbonyl (C=O) groups is 1. The van der Waals surface area contributed by atoms with E-state index in [1.807, 2.05) is 30.8 Å². The van der Waals surface area contributed by atoms with Crippen LogP contribution in [0.4, 0.5) is 10.6 Å². The van der Waals surface area contributed by atoms with Crippen LogP contribution in [0.3, 0.4) is 0 Å². The number of aryl methyl sites for hydroxylation is 3. The number of carbonyl (C=O) groups excluding carboxylic acids is 1. The molecule has 0 spiro atoms. The van der Waals surface area contributed by atoms with E-state index in [1.165, 1.54) is 0 Å². The van der Waals surface area contributed by atoms with Crippen molar-refractivity contribution in [3.8, 4) is 0 Å². The van der Waals surface area contributed by atoms with Crippen molar-refractivity contribution >= 4 is 11.8 Å².